The second kappa shape index (κ2) is 16.2. The van der Waals surface area contributed by atoms with Gasteiger partial charge >= 0.3 is 0 Å². The van der Waals surface area contributed by atoms with E-state index in [0.29, 0.717) is 58.4 Å². The lowest BCUT2D eigenvalue weighted by molar-refractivity contribution is -0.137. The molecule has 2 aromatic carbocycles. The number of benzene rings is 2. The second-order valence-electron chi connectivity index (χ2n) is 14.1. The first-order chi connectivity index (χ1) is 27.0. The van der Waals surface area contributed by atoms with E-state index in [9.17, 15) is 28.8 Å². The fourth-order valence-electron chi connectivity index (χ4n) is 7.09. The maximum absolute atomic E-state index is 15.3. The van der Waals surface area contributed by atoms with Crippen LogP contribution >= 0.6 is 0 Å². The summed E-state index contributed by atoms with van der Waals surface area (Å²) in [5.41, 5.74) is 2.89. The van der Waals surface area contributed by atoms with Crippen LogP contribution in [0.2, 0.25) is 0 Å². The Morgan fingerprint density at radius 2 is 1.68 bits per heavy atom. The molecule has 0 radical (unpaired) electrons. The van der Waals surface area contributed by atoms with Crippen molar-refractivity contribution < 1.29 is 37.5 Å². The van der Waals surface area contributed by atoms with Crippen LogP contribution in [0.5, 0.6) is 0 Å². The Morgan fingerprint density at radius 3 is 2.41 bits per heavy atom. The maximum Gasteiger partial charge on any atom is 0.255 e. The van der Waals surface area contributed by atoms with Crippen molar-refractivity contribution in [2.75, 3.05) is 25.5 Å². The molecule has 5 N–H and O–H groups in total. The molecule has 0 bridgehead atoms. The molecule has 1 aliphatic carbocycles. The van der Waals surface area contributed by atoms with E-state index in [2.05, 4.69) is 36.6 Å². The molecule has 14 nitrogen and oxygen atoms in total. The van der Waals surface area contributed by atoms with Crippen LogP contribution in [0.3, 0.4) is 0 Å². The van der Waals surface area contributed by atoms with Crippen molar-refractivity contribution >= 4 is 52.0 Å². The van der Waals surface area contributed by atoms with Crippen LogP contribution in [0.25, 0.3) is 22.0 Å². The molecule has 56 heavy (non-hydrogen) atoms. The van der Waals surface area contributed by atoms with Gasteiger partial charge in [-0.15, -0.1) is 0 Å². The Bertz CT molecular complexity index is 2280. The molecular weight excluding hydrogens is 726 g/mol. The summed E-state index contributed by atoms with van der Waals surface area (Å²) in [4.78, 5) is 85.3. The third kappa shape index (κ3) is 8.04. The van der Waals surface area contributed by atoms with Crippen LogP contribution in [0.4, 0.5) is 14.5 Å². The minimum atomic E-state index is -0.831. The number of halogens is 2. The van der Waals surface area contributed by atoms with Crippen LogP contribution in [0.1, 0.15) is 87.3 Å². The van der Waals surface area contributed by atoms with Crippen LogP contribution in [0.15, 0.2) is 48.8 Å². The average Bonchev–Trinajstić information content (AvgIpc) is 3.94. The van der Waals surface area contributed by atoms with Gasteiger partial charge in [-0.25, -0.2) is 8.78 Å². The van der Waals surface area contributed by atoms with Gasteiger partial charge in [0.05, 0.1) is 22.3 Å². The van der Waals surface area contributed by atoms with E-state index in [1.54, 1.807) is 13.1 Å². The highest BCUT2D eigenvalue weighted by Gasteiger charge is 2.40. The lowest BCUT2D eigenvalue weighted by atomic mass is 9.99. The molecule has 1 atom stereocenters. The number of aromatic nitrogens is 2. The number of hydrogen-bond acceptors (Lipinski definition) is 9. The molecule has 4 aromatic rings. The summed E-state index contributed by atoms with van der Waals surface area (Å²) in [6.07, 6.45) is 6.59. The smallest absolute Gasteiger partial charge is 0.255 e. The number of nitrogens with zero attached hydrogens (tertiary/aromatic N) is 3. The number of piperidine rings is 1. The Morgan fingerprint density at radius 1 is 0.893 bits per heavy atom. The number of imide groups is 1. The first-order valence-electron chi connectivity index (χ1n) is 18.6. The summed E-state index contributed by atoms with van der Waals surface area (Å²) in [5, 5.41) is 14.2. The maximum atomic E-state index is 15.3. The number of fused-ring (bicyclic) bond motifs is 2. The average molecular weight is 767 g/mol. The van der Waals surface area contributed by atoms with E-state index in [1.165, 1.54) is 41.6 Å². The summed E-state index contributed by atoms with van der Waals surface area (Å²) in [5.74, 6) is -3.78. The summed E-state index contributed by atoms with van der Waals surface area (Å²) in [7, 11) is 1.65. The number of aryl methyl sites for hydroxylation is 1. The van der Waals surface area contributed by atoms with E-state index < -0.39 is 29.5 Å². The molecule has 1 saturated carbocycles. The molecule has 4 heterocycles. The van der Waals surface area contributed by atoms with Gasteiger partial charge in [-0.05, 0) is 68.4 Å². The third-order valence-corrected chi connectivity index (χ3v) is 10.2. The largest absolute Gasteiger partial charge is 0.387 e. The number of nitrogens with one attached hydrogen (secondary N) is 5. The van der Waals surface area contributed by atoms with Crippen molar-refractivity contribution in [1.29, 1.82) is 0 Å². The van der Waals surface area contributed by atoms with Crippen LogP contribution in [0, 0.1) is 11.6 Å². The van der Waals surface area contributed by atoms with Gasteiger partial charge in [0.2, 0.25) is 17.7 Å². The quantitative estimate of drug-likeness (QED) is 0.0944. The lowest BCUT2D eigenvalue weighted by Gasteiger charge is -2.29. The molecule has 3 aliphatic rings. The van der Waals surface area contributed by atoms with Crippen LogP contribution in [-0.2, 0) is 27.3 Å². The molecule has 6 amide bonds. The SMILES string of the molecule is CNc1c(C(=O)NC2CC2)cnc2cc(F)c(-c3ccc(C(=O)NCCCCNC(=O)CCc4nccc5c4CN(C4CCC(=O)NC4=O)C5=O)c(F)c3)cc12. The molecule has 290 valence electrons. The molecular formula is C40H40F2N8O6. The number of anilines is 1. The van der Waals surface area contributed by atoms with Crippen molar-refractivity contribution in [3.05, 3.63) is 88.4 Å². The highest BCUT2D eigenvalue weighted by molar-refractivity contribution is 6.08. The monoisotopic (exact) mass is 766 g/mol. The minimum Gasteiger partial charge on any atom is -0.387 e. The highest BCUT2D eigenvalue weighted by Crippen LogP contribution is 2.34. The van der Waals surface area contributed by atoms with Gasteiger partial charge < -0.3 is 26.2 Å². The first kappa shape index (κ1) is 38.0. The van der Waals surface area contributed by atoms with Gasteiger partial charge in [-0.2, -0.15) is 0 Å². The molecule has 2 fully saturated rings. The number of pyridine rings is 2. The van der Waals surface area contributed by atoms with E-state index in [4.69, 9.17) is 0 Å². The molecule has 0 spiro atoms. The topological polar surface area (TPSA) is 192 Å². The lowest BCUT2D eigenvalue weighted by Crippen LogP contribution is -2.52. The van der Waals surface area contributed by atoms with Crippen molar-refractivity contribution in [1.82, 2.24) is 36.1 Å². The molecule has 7 rings (SSSR count). The normalized spacial score (nSPS) is 16.4. The Labute approximate surface area is 320 Å². The second-order valence-corrected chi connectivity index (χ2v) is 14.1. The van der Waals surface area contributed by atoms with E-state index in [0.717, 1.165) is 18.9 Å². The van der Waals surface area contributed by atoms with Gasteiger partial charge in [0.15, 0.2) is 0 Å². The number of carbonyl (C=O) groups is 6. The van der Waals surface area contributed by atoms with Gasteiger partial charge in [0.25, 0.3) is 17.7 Å². The standard InChI is InChI=1S/C40H40F2N8O6/c1-43-36-26-17-25(30(42)18-32(26)47-19-27(36)38(54)48-22-5-6-22)21-4-7-24(29(41)16-21)37(53)46-14-3-2-13-45-34(51)10-8-31-28-20-50(40(56)23(28)12-15-44-31)33-9-11-35(52)49-39(33)55/h4,7,12,15-19,22,33H,2-3,5-6,8-11,13-14,20H2,1H3,(H,43,47)(H,45,51)(H,46,53)(H,48,54)(H,49,52,55). The van der Waals surface area contributed by atoms with Crippen LogP contribution in [-0.4, -0.2) is 82.5 Å². The zero-order valence-corrected chi connectivity index (χ0v) is 30.6. The van der Waals surface area contributed by atoms with Gasteiger partial charge in [-0.3, -0.25) is 44.1 Å². The van der Waals surface area contributed by atoms with Gasteiger partial charge in [0, 0.05) is 91.8 Å². The van der Waals surface area contributed by atoms with Crippen molar-refractivity contribution in [2.24, 2.45) is 0 Å². The van der Waals surface area contributed by atoms with Crippen LogP contribution < -0.4 is 26.6 Å². The molecule has 2 aliphatic heterocycles. The number of hydrogen-bond donors (Lipinski definition) is 5. The summed E-state index contributed by atoms with van der Waals surface area (Å²) in [6, 6.07) is 7.57. The van der Waals surface area contributed by atoms with Crippen molar-refractivity contribution in [2.45, 2.75) is 70.0 Å². The van der Waals surface area contributed by atoms with Gasteiger partial charge in [0.1, 0.15) is 17.7 Å². The van der Waals surface area contributed by atoms with E-state index >= 15 is 8.78 Å². The Kier molecular flexibility index (Phi) is 11.0. The third-order valence-electron chi connectivity index (χ3n) is 10.2. The minimum absolute atomic E-state index is 0.0823. The number of amides is 6. The first-order valence-corrected chi connectivity index (χ1v) is 18.6. The molecule has 16 heteroatoms. The number of unbranched alkanes of at least 4 members (excludes halogenated alkanes) is 1. The van der Waals surface area contributed by atoms with Crippen molar-refractivity contribution in [3.8, 4) is 11.1 Å². The Hall–Kier alpha value is -6.32. The predicted octanol–water partition coefficient (Wildman–Crippen LogP) is 3.53. The zero-order valence-electron chi connectivity index (χ0n) is 30.6. The van der Waals surface area contributed by atoms with E-state index in [-0.39, 0.29) is 85.1 Å². The summed E-state index contributed by atoms with van der Waals surface area (Å²) < 4.78 is 30.5. The number of carbonyl (C=O) groups excluding carboxylic acids is 6. The van der Waals surface area contributed by atoms with Crippen molar-refractivity contribution in [3.63, 3.8) is 0 Å². The number of rotatable bonds is 14. The van der Waals surface area contributed by atoms with Gasteiger partial charge in [-0.1, -0.05) is 6.07 Å². The fraction of sp³-hybridized carbons (Fsp3) is 0.350. The summed E-state index contributed by atoms with van der Waals surface area (Å²) >= 11 is 0. The van der Waals surface area contributed by atoms with E-state index in [1.807, 2.05) is 0 Å². The Balaban J connectivity index is 0.874. The summed E-state index contributed by atoms with van der Waals surface area (Å²) in [6.45, 7) is 0.741. The highest BCUT2D eigenvalue weighted by atomic mass is 19.1. The zero-order chi connectivity index (χ0) is 39.5. The predicted molar refractivity (Wildman–Crippen MR) is 200 cm³/mol. The fourth-order valence-corrected chi connectivity index (χ4v) is 7.09. The molecule has 2 aromatic heterocycles. The molecule has 1 unspecified atom stereocenters. The molecule has 1 saturated heterocycles.